The van der Waals surface area contributed by atoms with Gasteiger partial charge in [0.25, 0.3) is 0 Å². The van der Waals surface area contributed by atoms with E-state index in [1.165, 1.54) is 23.5 Å². The van der Waals surface area contributed by atoms with Crippen LogP contribution in [0.25, 0.3) is 10.6 Å². The van der Waals surface area contributed by atoms with Gasteiger partial charge < -0.3 is 5.11 Å². The molecule has 0 bridgehead atoms. The van der Waals surface area contributed by atoms with Gasteiger partial charge in [-0.05, 0) is 44.5 Å². The van der Waals surface area contributed by atoms with E-state index in [-0.39, 0.29) is 5.76 Å². The fraction of sp³-hybridized carbons (Fsp3) is 0.250. The van der Waals surface area contributed by atoms with E-state index in [0.29, 0.717) is 22.7 Å². The van der Waals surface area contributed by atoms with E-state index in [1.807, 2.05) is 39.0 Å². The molecular formula is C24H23F3N2OS2. The van der Waals surface area contributed by atoms with Crippen molar-refractivity contribution in [3.8, 4) is 10.6 Å². The number of allylic oxidation sites excluding steroid dienone is 1. The van der Waals surface area contributed by atoms with Crippen molar-refractivity contribution in [3.05, 3.63) is 76.5 Å². The van der Waals surface area contributed by atoms with Gasteiger partial charge in [-0.15, -0.1) is 23.1 Å². The van der Waals surface area contributed by atoms with Crippen molar-refractivity contribution in [1.29, 1.82) is 0 Å². The van der Waals surface area contributed by atoms with Gasteiger partial charge in [0.1, 0.15) is 5.01 Å². The molecule has 32 heavy (non-hydrogen) atoms. The highest BCUT2D eigenvalue weighted by atomic mass is 32.2. The highest BCUT2D eigenvalue weighted by molar-refractivity contribution is 7.98. The minimum Gasteiger partial charge on any atom is -0.513 e. The van der Waals surface area contributed by atoms with Gasteiger partial charge in [-0.1, -0.05) is 30.8 Å². The number of alkyl halides is 3. The van der Waals surface area contributed by atoms with Crippen LogP contribution >= 0.6 is 23.1 Å². The number of benzene rings is 2. The third-order valence-corrected chi connectivity index (χ3v) is 7.14. The van der Waals surface area contributed by atoms with Crippen molar-refractivity contribution < 1.29 is 18.3 Å². The first-order valence-electron chi connectivity index (χ1n) is 9.82. The lowest BCUT2D eigenvalue weighted by Gasteiger charge is -2.09. The Morgan fingerprint density at radius 3 is 2.47 bits per heavy atom. The van der Waals surface area contributed by atoms with E-state index >= 15 is 0 Å². The van der Waals surface area contributed by atoms with E-state index in [2.05, 4.69) is 16.6 Å². The van der Waals surface area contributed by atoms with E-state index in [9.17, 15) is 18.3 Å². The van der Waals surface area contributed by atoms with Crippen molar-refractivity contribution in [1.82, 2.24) is 4.98 Å². The first-order valence-corrected chi connectivity index (χ1v) is 11.6. The Balaban J connectivity index is 1.80. The van der Waals surface area contributed by atoms with Crippen LogP contribution in [0.3, 0.4) is 0 Å². The molecule has 8 heteroatoms. The van der Waals surface area contributed by atoms with Crippen LogP contribution in [0.1, 0.15) is 35.0 Å². The molecule has 0 unspecified atom stereocenters. The van der Waals surface area contributed by atoms with Crippen LogP contribution in [0, 0.1) is 13.8 Å². The number of nitrogens with zero attached hydrogens (tertiary/aromatic N) is 2. The zero-order valence-electron chi connectivity index (χ0n) is 18.0. The normalized spacial score (nSPS) is 12.2. The Morgan fingerprint density at radius 1 is 1.16 bits per heavy atom. The first-order chi connectivity index (χ1) is 15.0. The van der Waals surface area contributed by atoms with Crippen molar-refractivity contribution in [2.45, 2.75) is 44.0 Å². The van der Waals surface area contributed by atoms with Gasteiger partial charge in [-0.25, -0.2) is 4.98 Å². The molecule has 0 saturated heterocycles. The number of aryl methyl sites for hydroxylation is 2. The lowest BCUT2D eigenvalue weighted by molar-refractivity contribution is -0.137. The number of aliphatic imine (C=N–C) groups is 1. The maximum Gasteiger partial charge on any atom is 0.416 e. The summed E-state index contributed by atoms with van der Waals surface area (Å²) in [6.45, 7) is 9.27. The highest BCUT2D eigenvalue weighted by Crippen LogP contribution is 2.38. The monoisotopic (exact) mass is 476 g/mol. The molecule has 1 heterocycles. The highest BCUT2D eigenvalue weighted by Gasteiger charge is 2.30. The fourth-order valence-electron chi connectivity index (χ4n) is 3.05. The minimum absolute atomic E-state index is 0.0742. The lowest BCUT2D eigenvalue weighted by atomic mass is 10.1. The summed E-state index contributed by atoms with van der Waals surface area (Å²) < 4.78 is 38.4. The minimum atomic E-state index is -4.35. The van der Waals surface area contributed by atoms with Crippen molar-refractivity contribution in [2.75, 3.05) is 0 Å². The molecule has 3 aromatic rings. The SMILES string of the molecule is C=C(O)CC(C)=Nc1c(C)cccc1SCc1sc(-c2ccc(C(F)(F)F)cc2)nc1C. The Bertz CT molecular complexity index is 1150. The molecule has 0 radical (unpaired) electrons. The maximum atomic E-state index is 12.8. The summed E-state index contributed by atoms with van der Waals surface area (Å²) in [6.07, 6.45) is -4.03. The second-order valence-corrected chi connectivity index (χ2v) is 9.50. The molecule has 1 aromatic heterocycles. The van der Waals surface area contributed by atoms with Gasteiger partial charge in [0, 0.05) is 33.2 Å². The van der Waals surface area contributed by atoms with E-state index < -0.39 is 11.7 Å². The number of para-hydroxylation sites is 1. The quantitative estimate of drug-likeness (QED) is 0.212. The number of thiazole rings is 1. The molecule has 0 spiro atoms. The lowest BCUT2D eigenvalue weighted by Crippen LogP contribution is -2.03. The number of hydrogen-bond acceptors (Lipinski definition) is 5. The summed E-state index contributed by atoms with van der Waals surface area (Å²) in [4.78, 5) is 11.3. The second kappa shape index (κ2) is 9.92. The van der Waals surface area contributed by atoms with Crippen LogP contribution in [0.15, 0.2) is 64.7 Å². The van der Waals surface area contributed by atoms with E-state index in [4.69, 9.17) is 0 Å². The van der Waals surface area contributed by atoms with Crippen molar-refractivity contribution in [3.63, 3.8) is 0 Å². The third kappa shape index (κ3) is 6.01. The fourth-order valence-corrected chi connectivity index (χ4v) is 5.34. The van der Waals surface area contributed by atoms with Crippen LogP contribution in [0.5, 0.6) is 0 Å². The van der Waals surface area contributed by atoms with Crippen LogP contribution in [-0.2, 0) is 11.9 Å². The molecule has 0 aliphatic rings. The summed E-state index contributed by atoms with van der Waals surface area (Å²) in [5.41, 5.74) is 3.53. The average molecular weight is 477 g/mol. The van der Waals surface area contributed by atoms with Crippen molar-refractivity contribution >= 4 is 34.5 Å². The molecular weight excluding hydrogens is 453 g/mol. The number of aliphatic hydroxyl groups excluding tert-OH is 1. The predicted molar refractivity (Wildman–Crippen MR) is 127 cm³/mol. The average Bonchev–Trinajstić information content (AvgIpc) is 3.08. The topological polar surface area (TPSA) is 45.5 Å². The maximum absolute atomic E-state index is 12.8. The molecule has 0 saturated carbocycles. The molecule has 3 rings (SSSR count). The first kappa shape index (κ1) is 24.1. The van der Waals surface area contributed by atoms with E-state index in [0.717, 1.165) is 44.6 Å². The molecule has 3 nitrogen and oxygen atoms in total. The number of halogens is 3. The molecule has 0 aliphatic heterocycles. The molecule has 2 aromatic carbocycles. The van der Waals surface area contributed by atoms with E-state index in [1.54, 1.807) is 11.8 Å². The Labute approximate surface area is 193 Å². The molecule has 168 valence electrons. The van der Waals surface area contributed by atoms with Crippen LogP contribution in [0.2, 0.25) is 0 Å². The number of aliphatic hydroxyl groups is 1. The second-order valence-electron chi connectivity index (χ2n) is 7.40. The van der Waals surface area contributed by atoms with Crippen molar-refractivity contribution in [2.24, 2.45) is 4.99 Å². The standard InChI is InChI=1S/C24H23F3N2OS2/c1-14-6-5-7-20(22(14)28-15(2)12-16(3)30)31-13-21-17(4)29-23(32-21)18-8-10-19(11-9-18)24(25,26)27/h5-11,30H,3,12-13H2,1-2,4H3. The summed E-state index contributed by atoms with van der Waals surface area (Å²) >= 11 is 3.12. The Kier molecular flexibility index (Phi) is 7.46. The molecule has 0 fully saturated rings. The van der Waals surface area contributed by atoms with Crippen LogP contribution in [-0.4, -0.2) is 15.8 Å². The third-order valence-electron chi connectivity index (χ3n) is 4.67. The van der Waals surface area contributed by atoms with Gasteiger partial charge >= 0.3 is 6.18 Å². The predicted octanol–water partition coefficient (Wildman–Crippen LogP) is 8.29. The van der Waals surface area contributed by atoms with Gasteiger partial charge in [0.05, 0.1) is 22.7 Å². The largest absolute Gasteiger partial charge is 0.513 e. The Morgan fingerprint density at radius 2 is 1.84 bits per heavy atom. The molecule has 1 N–H and O–H groups in total. The van der Waals surface area contributed by atoms with Gasteiger partial charge in [0.2, 0.25) is 0 Å². The summed E-state index contributed by atoms with van der Waals surface area (Å²) in [6, 6.07) is 11.1. The summed E-state index contributed by atoms with van der Waals surface area (Å²) in [5, 5.41) is 10.1. The number of thioether (sulfide) groups is 1. The van der Waals surface area contributed by atoms with Crippen LogP contribution in [0.4, 0.5) is 18.9 Å². The van der Waals surface area contributed by atoms with Gasteiger partial charge in [0.15, 0.2) is 0 Å². The zero-order valence-corrected chi connectivity index (χ0v) is 19.6. The number of aromatic nitrogens is 1. The molecule has 0 amide bonds. The summed E-state index contributed by atoms with van der Waals surface area (Å²) in [5.74, 6) is 0.743. The van der Waals surface area contributed by atoms with Gasteiger partial charge in [-0.2, -0.15) is 13.2 Å². The van der Waals surface area contributed by atoms with Crippen LogP contribution < -0.4 is 0 Å². The summed E-state index contributed by atoms with van der Waals surface area (Å²) in [7, 11) is 0. The zero-order chi connectivity index (χ0) is 23.5. The van der Waals surface area contributed by atoms with Gasteiger partial charge in [-0.3, -0.25) is 4.99 Å². The molecule has 0 atom stereocenters. The number of rotatable bonds is 7. The smallest absolute Gasteiger partial charge is 0.416 e. The Hall–Kier alpha value is -2.58. The molecule has 0 aliphatic carbocycles. The number of hydrogen-bond donors (Lipinski definition) is 1.